The van der Waals surface area contributed by atoms with E-state index in [1.54, 1.807) is 0 Å². The molecule has 5 heteroatoms. The molecule has 0 radical (unpaired) electrons. The minimum absolute atomic E-state index is 0.00841. The summed E-state index contributed by atoms with van der Waals surface area (Å²) in [5, 5.41) is 11.3. The van der Waals surface area contributed by atoms with Crippen molar-refractivity contribution in [3.8, 4) is 0 Å². The number of carboxylic acids is 1. The number of fused-ring (bicyclic) bond motifs is 5. The Labute approximate surface area is 113 Å². The van der Waals surface area contributed by atoms with E-state index in [9.17, 15) is 9.59 Å². The van der Waals surface area contributed by atoms with E-state index >= 15 is 0 Å². The van der Waals surface area contributed by atoms with E-state index < -0.39 is 5.97 Å². The van der Waals surface area contributed by atoms with E-state index in [4.69, 9.17) is 5.11 Å². The highest BCUT2D eigenvalue weighted by Gasteiger charge is 2.59. The largest absolute Gasteiger partial charge is 0.481 e. The maximum atomic E-state index is 12.1. The van der Waals surface area contributed by atoms with E-state index in [0.29, 0.717) is 11.3 Å². The minimum atomic E-state index is -0.872. The van der Waals surface area contributed by atoms with Gasteiger partial charge in [-0.1, -0.05) is 6.92 Å². The molecule has 3 rings (SSSR count). The Bertz CT molecular complexity index is 411. The summed E-state index contributed by atoms with van der Waals surface area (Å²) in [6, 6.07) is -0.0868. The van der Waals surface area contributed by atoms with Crippen molar-refractivity contribution in [3.05, 3.63) is 0 Å². The van der Waals surface area contributed by atoms with Crippen molar-refractivity contribution in [2.75, 3.05) is 19.6 Å². The second kappa shape index (κ2) is 4.39. The van der Waals surface area contributed by atoms with Gasteiger partial charge >= 0.3 is 12.0 Å². The van der Waals surface area contributed by atoms with Crippen molar-refractivity contribution in [1.29, 1.82) is 0 Å². The molecule has 2 bridgehead atoms. The molecule has 1 heterocycles. The first-order valence-electron chi connectivity index (χ1n) is 7.25. The molecule has 3 fully saturated rings. The number of carbonyl (C=O) groups is 2. The van der Waals surface area contributed by atoms with Crippen molar-refractivity contribution in [3.63, 3.8) is 0 Å². The molecule has 106 valence electrons. The topological polar surface area (TPSA) is 69.6 Å². The zero-order valence-corrected chi connectivity index (χ0v) is 11.4. The standard InChI is InChI=1S/C14H22N2O3/c1-14-8-16(13(19)15-5-4-12(17)18)7-11(14)9-2-3-10(14)6-9/h9-11H,2-8H2,1H3,(H,15,19)(H,17,18)/t9-,10+,11?,14-/m1/s1. The van der Waals surface area contributed by atoms with Crippen molar-refractivity contribution < 1.29 is 14.7 Å². The van der Waals surface area contributed by atoms with Gasteiger partial charge < -0.3 is 15.3 Å². The third kappa shape index (κ3) is 1.99. The quantitative estimate of drug-likeness (QED) is 0.814. The van der Waals surface area contributed by atoms with Gasteiger partial charge in [-0.3, -0.25) is 4.79 Å². The lowest BCUT2D eigenvalue weighted by molar-refractivity contribution is -0.136. The lowest BCUT2D eigenvalue weighted by atomic mass is 9.70. The van der Waals surface area contributed by atoms with E-state index in [1.807, 2.05) is 4.90 Å². The fourth-order valence-electron chi connectivity index (χ4n) is 4.68. The highest BCUT2D eigenvalue weighted by Crippen LogP contribution is 2.62. The first kappa shape index (κ1) is 12.8. The third-order valence-corrected chi connectivity index (χ3v) is 5.67. The van der Waals surface area contributed by atoms with E-state index in [-0.39, 0.29) is 19.0 Å². The lowest BCUT2D eigenvalue weighted by Gasteiger charge is -2.34. The van der Waals surface area contributed by atoms with Gasteiger partial charge in [-0.25, -0.2) is 4.79 Å². The predicted molar refractivity (Wildman–Crippen MR) is 69.7 cm³/mol. The van der Waals surface area contributed by atoms with Crippen LogP contribution in [0.15, 0.2) is 0 Å². The Hall–Kier alpha value is -1.26. The van der Waals surface area contributed by atoms with Gasteiger partial charge in [0.2, 0.25) is 0 Å². The molecule has 5 nitrogen and oxygen atoms in total. The van der Waals surface area contributed by atoms with Gasteiger partial charge in [0, 0.05) is 19.6 Å². The van der Waals surface area contributed by atoms with Gasteiger partial charge in [-0.2, -0.15) is 0 Å². The summed E-state index contributed by atoms with van der Waals surface area (Å²) in [5.41, 5.74) is 0.313. The Balaban J connectivity index is 1.57. The first-order valence-corrected chi connectivity index (χ1v) is 7.25. The molecule has 2 saturated carbocycles. The van der Waals surface area contributed by atoms with Crippen LogP contribution in [0, 0.1) is 23.2 Å². The van der Waals surface area contributed by atoms with E-state index in [0.717, 1.165) is 24.9 Å². The molecule has 0 spiro atoms. The Kier molecular flexibility index (Phi) is 2.95. The molecule has 19 heavy (non-hydrogen) atoms. The molecule has 1 unspecified atom stereocenters. The van der Waals surface area contributed by atoms with Crippen LogP contribution in [0.4, 0.5) is 4.79 Å². The van der Waals surface area contributed by atoms with E-state index in [1.165, 1.54) is 19.3 Å². The highest BCUT2D eigenvalue weighted by atomic mass is 16.4. The number of hydrogen-bond acceptors (Lipinski definition) is 2. The van der Waals surface area contributed by atoms with Crippen LogP contribution in [0.2, 0.25) is 0 Å². The molecule has 0 aromatic heterocycles. The molecule has 2 aliphatic carbocycles. The number of amides is 2. The molecule has 3 aliphatic rings. The van der Waals surface area contributed by atoms with Crippen molar-refractivity contribution in [2.24, 2.45) is 23.2 Å². The second-order valence-corrected chi connectivity index (χ2v) is 6.64. The van der Waals surface area contributed by atoms with Gasteiger partial charge in [0.25, 0.3) is 0 Å². The molecular formula is C14H22N2O3. The van der Waals surface area contributed by atoms with Gasteiger partial charge in [-0.15, -0.1) is 0 Å². The van der Waals surface area contributed by atoms with Crippen LogP contribution in [0.1, 0.15) is 32.6 Å². The van der Waals surface area contributed by atoms with Gasteiger partial charge in [0.15, 0.2) is 0 Å². The fourth-order valence-corrected chi connectivity index (χ4v) is 4.68. The van der Waals surface area contributed by atoms with Crippen LogP contribution in [-0.4, -0.2) is 41.6 Å². The molecule has 2 N–H and O–H groups in total. The molecule has 2 amide bonds. The van der Waals surface area contributed by atoms with Gasteiger partial charge in [0.1, 0.15) is 0 Å². The number of carbonyl (C=O) groups excluding carboxylic acids is 1. The molecule has 1 saturated heterocycles. The number of rotatable bonds is 3. The summed E-state index contributed by atoms with van der Waals surface area (Å²) in [4.78, 5) is 24.4. The smallest absolute Gasteiger partial charge is 0.317 e. The second-order valence-electron chi connectivity index (χ2n) is 6.64. The summed E-state index contributed by atoms with van der Waals surface area (Å²) in [6.07, 6.45) is 4.01. The summed E-state index contributed by atoms with van der Waals surface area (Å²) in [6.45, 7) is 4.26. The number of nitrogens with one attached hydrogen (secondary N) is 1. The van der Waals surface area contributed by atoms with Crippen molar-refractivity contribution in [1.82, 2.24) is 10.2 Å². The van der Waals surface area contributed by atoms with Crippen LogP contribution in [0.5, 0.6) is 0 Å². The summed E-state index contributed by atoms with van der Waals surface area (Å²) in [5.74, 6) is 1.39. The van der Waals surface area contributed by atoms with Crippen LogP contribution in [0.3, 0.4) is 0 Å². The number of aliphatic carboxylic acids is 1. The maximum absolute atomic E-state index is 12.1. The molecule has 0 aromatic rings. The normalized spacial score (nSPS) is 39.4. The van der Waals surface area contributed by atoms with Crippen LogP contribution in [-0.2, 0) is 4.79 Å². The van der Waals surface area contributed by atoms with Crippen LogP contribution >= 0.6 is 0 Å². The minimum Gasteiger partial charge on any atom is -0.481 e. The average molecular weight is 266 g/mol. The number of urea groups is 1. The first-order chi connectivity index (χ1) is 9.00. The number of likely N-dealkylation sites (tertiary alicyclic amines) is 1. The van der Waals surface area contributed by atoms with Crippen molar-refractivity contribution >= 4 is 12.0 Å². The van der Waals surface area contributed by atoms with Gasteiger partial charge in [0.05, 0.1) is 6.42 Å². The van der Waals surface area contributed by atoms with E-state index in [2.05, 4.69) is 12.2 Å². The van der Waals surface area contributed by atoms with Crippen LogP contribution < -0.4 is 5.32 Å². The Morgan fingerprint density at radius 1 is 1.42 bits per heavy atom. The maximum Gasteiger partial charge on any atom is 0.317 e. The average Bonchev–Trinajstić information content (AvgIpc) is 2.97. The predicted octanol–water partition coefficient (Wildman–Crippen LogP) is 1.54. The fraction of sp³-hybridized carbons (Fsp3) is 0.857. The molecular weight excluding hydrogens is 244 g/mol. The third-order valence-electron chi connectivity index (χ3n) is 5.67. The molecule has 0 aromatic carbocycles. The SMILES string of the molecule is C[C@]12CN(C(=O)NCCC(=O)O)CC1[C@@H]1CC[C@H]2C1. The monoisotopic (exact) mass is 266 g/mol. The Morgan fingerprint density at radius 2 is 2.21 bits per heavy atom. The highest BCUT2D eigenvalue weighted by molar-refractivity contribution is 5.75. The zero-order chi connectivity index (χ0) is 13.6. The van der Waals surface area contributed by atoms with Gasteiger partial charge in [-0.05, 0) is 42.4 Å². The number of carboxylic acid groups (broad SMARTS) is 1. The molecule has 4 atom stereocenters. The van der Waals surface area contributed by atoms with Crippen LogP contribution in [0.25, 0.3) is 0 Å². The summed E-state index contributed by atoms with van der Waals surface area (Å²) < 4.78 is 0. The number of hydrogen-bond donors (Lipinski definition) is 2. The number of nitrogens with zero attached hydrogens (tertiary/aromatic N) is 1. The summed E-state index contributed by atoms with van der Waals surface area (Å²) >= 11 is 0. The lowest BCUT2D eigenvalue weighted by Crippen LogP contribution is -2.41. The Morgan fingerprint density at radius 3 is 2.89 bits per heavy atom. The summed E-state index contributed by atoms with van der Waals surface area (Å²) in [7, 11) is 0. The molecule has 1 aliphatic heterocycles. The van der Waals surface area contributed by atoms with Crippen molar-refractivity contribution in [2.45, 2.75) is 32.6 Å². The zero-order valence-electron chi connectivity index (χ0n) is 11.4.